The first-order valence-electron chi connectivity index (χ1n) is 8.79. The fourth-order valence-electron chi connectivity index (χ4n) is 3.11. The van der Waals surface area contributed by atoms with Gasteiger partial charge in [-0.25, -0.2) is 15.2 Å². The minimum absolute atomic E-state index is 0.186. The van der Waals surface area contributed by atoms with E-state index >= 15 is 0 Å². The number of nitrogens with one attached hydrogen (secondary N) is 2. The van der Waals surface area contributed by atoms with Crippen molar-refractivity contribution in [3.63, 3.8) is 0 Å². The monoisotopic (exact) mass is 372 g/mol. The molecule has 2 heterocycles. The number of hydrazone groups is 1. The summed E-state index contributed by atoms with van der Waals surface area (Å²) in [6.07, 6.45) is -0.586. The first-order valence-corrected chi connectivity index (χ1v) is 8.79. The molecule has 27 heavy (non-hydrogen) atoms. The number of carbonyl (C=O) groups excluding carboxylic acids is 2. The van der Waals surface area contributed by atoms with Crippen LogP contribution in [0, 0.1) is 5.92 Å². The molecule has 0 aromatic heterocycles. The van der Waals surface area contributed by atoms with Crippen LogP contribution in [0.3, 0.4) is 0 Å². The Morgan fingerprint density at radius 1 is 1.33 bits per heavy atom. The first kappa shape index (κ1) is 18.7. The number of amides is 3. The minimum Gasteiger partial charge on any atom is -0.508 e. The number of hydrogen-bond donors (Lipinski definition) is 3. The van der Waals surface area contributed by atoms with Gasteiger partial charge in [-0.15, -0.1) is 0 Å². The number of urea groups is 1. The summed E-state index contributed by atoms with van der Waals surface area (Å²) >= 11 is 0. The molecule has 0 radical (unpaired) electrons. The number of hydrogen-bond acceptors (Lipinski definition) is 7. The number of aromatic hydroxyl groups is 1. The molecule has 1 aromatic carbocycles. The van der Waals surface area contributed by atoms with Crippen LogP contribution in [0.2, 0.25) is 0 Å². The fraction of sp³-hybridized carbons (Fsp3) is 0.444. The normalized spacial score (nSPS) is 22.7. The quantitative estimate of drug-likeness (QED) is 0.538. The highest BCUT2D eigenvalue weighted by Gasteiger charge is 2.48. The van der Waals surface area contributed by atoms with E-state index in [-0.39, 0.29) is 17.6 Å². The van der Waals surface area contributed by atoms with Crippen LogP contribution in [0.1, 0.15) is 26.3 Å². The lowest BCUT2D eigenvalue weighted by Crippen LogP contribution is -2.64. The second-order valence-electron chi connectivity index (χ2n) is 7.12. The van der Waals surface area contributed by atoms with Crippen LogP contribution < -0.4 is 10.7 Å². The van der Waals surface area contributed by atoms with Crippen LogP contribution >= 0.6 is 0 Å². The predicted octanol–water partition coefficient (Wildman–Crippen LogP) is 0.910. The average molecular weight is 372 g/mol. The Kier molecular flexibility index (Phi) is 5.02. The van der Waals surface area contributed by atoms with E-state index < -0.39 is 18.2 Å². The number of benzene rings is 1. The van der Waals surface area contributed by atoms with Crippen molar-refractivity contribution in [1.29, 1.82) is 0 Å². The van der Waals surface area contributed by atoms with Crippen molar-refractivity contribution in [1.82, 2.24) is 20.5 Å². The van der Waals surface area contributed by atoms with E-state index in [1.54, 1.807) is 31.3 Å². The third kappa shape index (κ3) is 3.71. The summed E-state index contributed by atoms with van der Waals surface area (Å²) < 4.78 is 0. The summed E-state index contributed by atoms with van der Waals surface area (Å²) in [7, 11) is 1.62. The molecule has 9 nitrogen and oxygen atoms in total. The smallest absolute Gasteiger partial charge is 0.325 e. The fourth-order valence-corrected chi connectivity index (χ4v) is 3.11. The number of guanidine groups is 1. The van der Waals surface area contributed by atoms with Gasteiger partial charge in [-0.2, -0.15) is 5.10 Å². The highest BCUT2D eigenvalue weighted by molar-refractivity contribution is 6.04. The molecule has 2 aliphatic rings. The Bertz CT molecular complexity index is 802. The first-order chi connectivity index (χ1) is 12.8. The van der Waals surface area contributed by atoms with Crippen LogP contribution in [0.4, 0.5) is 4.79 Å². The van der Waals surface area contributed by atoms with Gasteiger partial charge in [0.05, 0.1) is 5.71 Å². The van der Waals surface area contributed by atoms with Crippen molar-refractivity contribution in [3.05, 3.63) is 29.8 Å². The zero-order chi connectivity index (χ0) is 19.7. The molecule has 1 aromatic rings. The summed E-state index contributed by atoms with van der Waals surface area (Å²) in [5.74, 6) is 0.566. The van der Waals surface area contributed by atoms with E-state index in [2.05, 4.69) is 20.8 Å². The highest BCUT2D eigenvalue weighted by Crippen LogP contribution is 2.24. The van der Waals surface area contributed by atoms with Crippen molar-refractivity contribution in [3.8, 4) is 5.75 Å². The zero-order valence-electron chi connectivity index (χ0n) is 15.8. The summed E-state index contributed by atoms with van der Waals surface area (Å²) in [5, 5.41) is 16.1. The molecule has 1 fully saturated rings. The molecule has 0 bridgehead atoms. The number of rotatable bonds is 4. The van der Waals surface area contributed by atoms with Gasteiger partial charge in [0.1, 0.15) is 5.75 Å². The third-order valence-corrected chi connectivity index (χ3v) is 4.53. The molecule has 3 amide bonds. The predicted molar refractivity (Wildman–Crippen MR) is 101 cm³/mol. The van der Waals surface area contributed by atoms with Gasteiger partial charge < -0.3 is 14.9 Å². The molecule has 3 rings (SSSR count). The number of carbonyl (C=O) groups is 2. The van der Waals surface area contributed by atoms with Gasteiger partial charge in [-0.3, -0.25) is 10.1 Å². The lowest BCUT2D eigenvalue weighted by atomic mass is 10.1. The molecule has 2 atom stereocenters. The molecule has 0 aliphatic carbocycles. The summed E-state index contributed by atoms with van der Waals surface area (Å²) in [6, 6.07) is 5.66. The van der Waals surface area contributed by atoms with Crippen LogP contribution in [-0.2, 0) is 4.79 Å². The van der Waals surface area contributed by atoms with Gasteiger partial charge in [0.2, 0.25) is 5.96 Å². The number of fused-ring (bicyclic) bond motifs is 1. The van der Waals surface area contributed by atoms with Crippen molar-refractivity contribution < 1.29 is 14.7 Å². The number of phenolic OH excluding ortho intramolecular Hbond substituents is 1. The van der Waals surface area contributed by atoms with Crippen LogP contribution in [0.15, 0.2) is 34.4 Å². The van der Waals surface area contributed by atoms with E-state index in [0.29, 0.717) is 18.2 Å². The minimum atomic E-state index is -0.586. The SMILES string of the molecule is C/C(=N\NC1=NC2C(C(=O)NC(=O)N2C)N1CC(C)C)c1ccc(O)cc1. The molecule has 9 heteroatoms. The third-order valence-electron chi connectivity index (χ3n) is 4.53. The number of nitrogens with zero attached hydrogens (tertiary/aromatic N) is 4. The van der Waals surface area contributed by atoms with Crippen LogP contribution in [0.5, 0.6) is 5.75 Å². The number of aliphatic imine (C=N–C) groups is 1. The molecule has 3 N–H and O–H groups in total. The molecule has 2 unspecified atom stereocenters. The maximum Gasteiger partial charge on any atom is 0.325 e. The van der Waals surface area contributed by atoms with Crippen molar-refractivity contribution >= 4 is 23.6 Å². The molecule has 144 valence electrons. The Morgan fingerprint density at radius 2 is 2.00 bits per heavy atom. The Hall–Kier alpha value is -3.10. The summed E-state index contributed by atoms with van der Waals surface area (Å²) in [4.78, 5) is 32.1. The largest absolute Gasteiger partial charge is 0.508 e. The number of phenols is 1. The van der Waals surface area contributed by atoms with Gasteiger partial charge in [0, 0.05) is 13.6 Å². The van der Waals surface area contributed by atoms with Crippen LogP contribution in [0.25, 0.3) is 0 Å². The van der Waals surface area contributed by atoms with Gasteiger partial charge in [-0.05, 0) is 42.7 Å². The number of likely N-dealkylation sites (N-methyl/N-ethyl adjacent to an activating group) is 1. The highest BCUT2D eigenvalue weighted by atomic mass is 16.3. The van der Waals surface area contributed by atoms with E-state index in [0.717, 1.165) is 5.56 Å². The molecule has 2 aliphatic heterocycles. The van der Waals surface area contributed by atoms with Gasteiger partial charge in [0.15, 0.2) is 12.2 Å². The Morgan fingerprint density at radius 3 is 2.63 bits per heavy atom. The van der Waals surface area contributed by atoms with E-state index in [4.69, 9.17) is 0 Å². The van der Waals surface area contributed by atoms with Crippen molar-refractivity contribution in [2.45, 2.75) is 33.0 Å². The molecular formula is C18H24N6O3. The lowest BCUT2D eigenvalue weighted by molar-refractivity contribution is -0.127. The van der Waals surface area contributed by atoms with Gasteiger partial charge in [-0.1, -0.05) is 13.8 Å². The summed E-state index contributed by atoms with van der Waals surface area (Å²) in [5.41, 5.74) is 4.49. The molecule has 0 saturated carbocycles. The van der Waals surface area contributed by atoms with E-state index in [1.165, 1.54) is 4.90 Å². The molecular weight excluding hydrogens is 348 g/mol. The number of imide groups is 1. The van der Waals surface area contributed by atoms with Gasteiger partial charge >= 0.3 is 6.03 Å². The molecule has 1 saturated heterocycles. The maximum absolute atomic E-state index is 12.4. The van der Waals surface area contributed by atoms with Crippen LogP contribution in [-0.4, -0.2) is 64.3 Å². The van der Waals surface area contributed by atoms with Gasteiger partial charge in [0.25, 0.3) is 5.91 Å². The van der Waals surface area contributed by atoms with Crippen molar-refractivity contribution in [2.75, 3.05) is 13.6 Å². The maximum atomic E-state index is 12.4. The standard InChI is InChI=1S/C18H24N6O3/c1-10(2)9-24-14-15(23(4)18(27)20-16(14)26)19-17(24)22-21-11(3)12-5-7-13(25)8-6-12/h5-8,10,14-15,25H,9H2,1-4H3,(H,19,22)(H,20,26,27)/b21-11+. The van der Waals surface area contributed by atoms with E-state index in [1.807, 2.05) is 25.7 Å². The lowest BCUT2D eigenvalue weighted by Gasteiger charge is -2.36. The van der Waals surface area contributed by atoms with Crippen molar-refractivity contribution in [2.24, 2.45) is 16.0 Å². The Balaban J connectivity index is 1.85. The summed E-state index contributed by atoms with van der Waals surface area (Å²) in [6.45, 7) is 6.52. The Labute approximate surface area is 157 Å². The molecule has 0 spiro atoms. The zero-order valence-corrected chi connectivity index (χ0v) is 15.8. The second-order valence-corrected chi connectivity index (χ2v) is 7.12. The average Bonchev–Trinajstić information content (AvgIpc) is 2.96. The topological polar surface area (TPSA) is 110 Å². The second kappa shape index (κ2) is 7.26. The van der Waals surface area contributed by atoms with E-state index in [9.17, 15) is 14.7 Å².